The van der Waals surface area contributed by atoms with Gasteiger partial charge in [-0.15, -0.1) is 0 Å². The Hall–Kier alpha value is -2.87. The number of nitrogens with zero attached hydrogens (tertiary/aromatic N) is 2. The first-order valence-corrected chi connectivity index (χ1v) is 10.0. The highest BCUT2D eigenvalue weighted by Gasteiger charge is 2.55. The molecule has 0 aromatic heterocycles. The molecule has 0 aliphatic carbocycles. The highest BCUT2D eigenvalue weighted by Crippen LogP contribution is 2.36. The second-order valence-electron chi connectivity index (χ2n) is 6.55. The van der Waals surface area contributed by atoms with Crippen LogP contribution in [0.15, 0.2) is 65.6 Å². The fourth-order valence-electron chi connectivity index (χ4n) is 3.53. The maximum atomic E-state index is 12.8. The Morgan fingerprint density at radius 1 is 1.04 bits per heavy atom. The summed E-state index contributed by atoms with van der Waals surface area (Å²) in [6, 6.07) is 15.1. The number of urea groups is 1. The van der Waals surface area contributed by atoms with Crippen LogP contribution in [-0.2, 0) is 26.2 Å². The Balaban J connectivity index is 1.46. The lowest BCUT2D eigenvalue weighted by molar-refractivity contribution is -0.149. The molecule has 2 aromatic rings. The van der Waals surface area contributed by atoms with Gasteiger partial charge in [0.25, 0.3) is 10.0 Å². The van der Waals surface area contributed by atoms with E-state index in [0.29, 0.717) is 0 Å². The minimum atomic E-state index is -3.93. The number of fused-ring (bicyclic) bond motifs is 2. The highest BCUT2D eigenvalue weighted by atomic mass is 32.2. The summed E-state index contributed by atoms with van der Waals surface area (Å²) in [4.78, 5) is 26.4. The van der Waals surface area contributed by atoms with E-state index in [1.807, 2.05) is 30.3 Å². The standard InChI is InChI=1S/C19H18N2O5S/c22-18(26-13-14-7-3-1-4-8-14)17-11-15-12-20(17)19(23)21(15)27(24,25)16-9-5-2-6-10-16/h1-10,15,17H,11-13H2/t15-,17?/m0/s1. The lowest BCUT2D eigenvalue weighted by atomic mass is 10.1. The molecular weight excluding hydrogens is 368 g/mol. The van der Waals surface area contributed by atoms with Gasteiger partial charge in [-0.3, -0.25) is 0 Å². The van der Waals surface area contributed by atoms with Gasteiger partial charge in [0.05, 0.1) is 10.9 Å². The first-order valence-electron chi connectivity index (χ1n) is 8.59. The van der Waals surface area contributed by atoms with Gasteiger partial charge in [0.1, 0.15) is 12.6 Å². The lowest BCUT2D eigenvalue weighted by Crippen LogP contribution is -2.50. The number of hydrogen-bond donors (Lipinski definition) is 0. The number of carbonyl (C=O) groups is 2. The zero-order valence-electron chi connectivity index (χ0n) is 14.4. The fourth-order valence-corrected chi connectivity index (χ4v) is 5.12. The third-order valence-corrected chi connectivity index (χ3v) is 6.68. The summed E-state index contributed by atoms with van der Waals surface area (Å²) in [6.45, 7) is 0.324. The zero-order chi connectivity index (χ0) is 19.0. The predicted molar refractivity (Wildman–Crippen MR) is 96.0 cm³/mol. The van der Waals surface area contributed by atoms with Crippen molar-refractivity contribution in [1.82, 2.24) is 9.21 Å². The number of sulfonamides is 1. The van der Waals surface area contributed by atoms with Crippen LogP contribution in [0.1, 0.15) is 12.0 Å². The van der Waals surface area contributed by atoms with Crippen molar-refractivity contribution in [2.24, 2.45) is 0 Å². The number of rotatable bonds is 5. The highest BCUT2D eigenvalue weighted by molar-refractivity contribution is 7.89. The molecule has 2 heterocycles. The van der Waals surface area contributed by atoms with Crippen LogP contribution in [0.3, 0.4) is 0 Å². The van der Waals surface area contributed by atoms with Crippen LogP contribution in [0.4, 0.5) is 4.79 Å². The van der Waals surface area contributed by atoms with Crippen LogP contribution in [0.5, 0.6) is 0 Å². The summed E-state index contributed by atoms with van der Waals surface area (Å²) in [5, 5.41) is 0. The molecule has 2 bridgehead atoms. The van der Waals surface area contributed by atoms with E-state index in [2.05, 4.69) is 0 Å². The molecule has 27 heavy (non-hydrogen) atoms. The van der Waals surface area contributed by atoms with Crippen molar-refractivity contribution < 1.29 is 22.7 Å². The molecule has 2 saturated heterocycles. The van der Waals surface area contributed by atoms with E-state index in [1.165, 1.54) is 17.0 Å². The second kappa shape index (κ2) is 6.70. The van der Waals surface area contributed by atoms with Gasteiger partial charge in [0, 0.05) is 13.0 Å². The third kappa shape index (κ3) is 3.06. The predicted octanol–water partition coefficient (Wildman–Crippen LogP) is 2.00. The first-order chi connectivity index (χ1) is 13.0. The number of ether oxygens (including phenoxy) is 1. The van der Waals surface area contributed by atoms with Gasteiger partial charge in [0.2, 0.25) is 0 Å². The SMILES string of the molecule is O=C(OCc1ccccc1)C1C[C@H]2CN1C(=O)N2S(=O)(=O)c1ccccc1. The monoisotopic (exact) mass is 386 g/mol. The average Bonchev–Trinajstić information content (AvgIpc) is 3.26. The van der Waals surface area contributed by atoms with E-state index in [4.69, 9.17) is 4.74 Å². The minimum absolute atomic E-state index is 0.0651. The van der Waals surface area contributed by atoms with E-state index < -0.39 is 34.1 Å². The summed E-state index contributed by atoms with van der Waals surface area (Å²) in [5.74, 6) is -0.508. The van der Waals surface area contributed by atoms with Crippen molar-refractivity contribution in [2.45, 2.75) is 30.0 Å². The van der Waals surface area contributed by atoms with Crippen molar-refractivity contribution in [3.8, 4) is 0 Å². The largest absolute Gasteiger partial charge is 0.459 e. The summed E-state index contributed by atoms with van der Waals surface area (Å²) in [6.07, 6.45) is 0.241. The molecule has 2 aliphatic rings. The Morgan fingerprint density at radius 2 is 1.67 bits per heavy atom. The lowest BCUT2D eigenvalue weighted by Gasteiger charge is -2.30. The topological polar surface area (TPSA) is 84.0 Å². The van der Waals surface area contributed by atoms with Crippen LogP contribution in [0, 0.1) is 0 Å². The molecule has 2 aliphatic heterocycles. The van der Waals surface area contributed by atoms with Crippen LogP contribution >= 0.6 is 0 Å². The van der Waals surface area contributed by atoms with Crippen molar-refractivity contribution in [2.75, 3.05) is 6.54 Å². The zero-order valence-corrected chi connectivity index (χ0v) is 15.2. The van der Waals surface area contributed by atoms with E-state index in [0.717, 1.165) is 9.87 Å². The van der Waals surface area contributed by atoms with E-state index in [-0.39, 0.29) is 24.5 Å². The Bertz CT molecular complexity index is 962. The van der Waals surface area contributed by atoms with Gasteiger partial charge >= 0.3 is 12.0 Å². The molecule has 0 radical (unpaired) electrons. The van der Waals surface area contributed by atoms with Crippen LogP contribution < -0.4 is 0 Å². The molecule has 7 nitrogen and oxygen atoms in total. The van der Waals surface area contributed by atoms with Gasteiger partial charge < -0.3 is 9.64 Å². The Labute approximate surface area is 157 Å². The van der Waals surface area contributed by atoms with Crippen LogP contribution in [0.2, 0.25) is 0 Å². The summed E-state index contributed by atoms with van der Waals surface area (Å²) in [5.41, 5.74) is 0.851. The van der Waals surface area contributed by atoms with Gasteiger partial charge in [-0.2, -0.15) is 0 Å². The average molecular weight is 386 g/mol. The van der Waals surface area contributed by atoms with Gasteiger partial charge in [-0.25, -0.2) is 22.3 Å². The Morgan fingerprint density at radius 3 is 2.30 bits per heavy atom. The quantitative estimate of drug-likeness (QED) is 0.734. The molecule has 0 saturated carbocycles. The van der Waals surface area contributed by atoms with Crippen LogP contribution in [-0.4, -0.2) is 48.3 Å². The molecule has 0 N–H and O–H groups in total. The van der Waals surface area contributed by atoms with Crippen molar-refractivity contribution >= 4 is 22.0 Å². The van der Waals surface area contributed by atoms with Crippen molar-refractivity contribution in [1.29, 1.82) is 0 Å². The number of benzene rings is 2. The summed E-state index contributed by atoms with van der Waals surface area (Å²) < 4.78 is 31.8. The number of carbonyl (C=O) groups excluding carboxylic acids is 2. The fraction of sp³-hybridized carbons (Fsp3) is 0.263. The van der Waals surface area contributed by atoms with Gasteiger partial charge in [0.15, 0.2) is 0 Å². The number of esters is 1. The maximum Gasteiger partial charge on any atom is 0.335 e. The van der Waals surface area contributed by atoms with Crippen LogP contribution in [0.25, 0.3) is 0 Å². The van der Waals surface area contributed by atoms with Gasteiger partial charge in [-0.1, -0.05) is 48.5 Å². The molecular formula is C19H18N2O5S. The number of amides is 2. The van der Waals surface area contributed by atoms with E-state index in [9.17, 15) is 18.0 Å². The van der Waals surface area contributed by atoms with E-state index in [1.54, 1.807) is 18.2 Å². The smallest absolute Gasteiger partial charge is 0.335 e. The van der Waals surface area contributed by atoms with Crippen molar-refractivity contribution in [3.05, 3.63) is 66.2 Å². The maximum absolute atomic E-state index is 12.8. The van der Waals surface area contributed by atoms with Crippen molar-refractivity contribution in [3.63, 3.8) is 0 Å². The number of hydrogen-bond acceptors (Lipinski definition) is 5. The third-order valence-electron chi connectivity index (χ3n) is 4.84. The molecule has 0 spiro atoms. The molecule has 1 unspecified atom stereocenters. The van der Waals surface area contributed by atoms with Gasteiger partial charge in [-0.05, 0) is 17.7 Å². The molecule has 140 valence electrons. The second-order valence-corrected chi connectivity index (χ2v) is 8.36. The molecule has 2 aromatic carbocycles. The molecule has 2 fully saturated rings. The summed E-state index contributed by atoms with van der Waals surface area (Å²) >= 11 is 0. The minimum Gasteiger partial charge on any atom is -0.459 e. The van der Waals surface area contributed by atoms with E-state index >= 15 is 0 Å². The normalized spacial score (nSPS) is 21.6. The molecule has 2 atom stereocenters. The molecule has 8 heteroatoms. The summed E-state index contributed by atoms with van der Waals surface area (Å²) in [7, 11) is -3.93. The molecule has 4 rings (SSSR count). The first kappa shape index (κ1) is 17.5. The molecule has 2 amide bonds. The Kier molecular flexibility index (Phi) is 4.35.